The molecule has 7 nitrogen and oxygen atoms in total. The molecule has 0 aliphatic rings. The number of hydrogen-bond acceptors (Lipinski definition) is 4. The topological polar surface area (TPSA) is 92.3 Å². The van der Waals surface area contributed by atoms with Crippen LogP contribution >= 0.6 is 0 Å². The summed E-state index contributed by atoms with van der Waals surface area (Å²) in [4.78, 5) is 11.6. The van der Waals surface area contributed by atoms with E-state index in [-0.39, 0.29) is 11.6 Å². The molecule has 27 heavy (non-hydrogen) atoms. The standard InChI is InChI=1S/C20H22N6O/c1-12(2)26-19(8-9-22-26)25-13(3)10-16(15(25)5)6-7-18-14(4)17(11-21)20(27)24-23-18/h6-10,12H,1-5H3,(H,24,27)/b7-6+. The van der Waals surface area contributed by atoms with Gasteiger partial charge in [-0.3, -0.25) is 4.79 Å². The first kappa shape index (κ1) is 18.4. The molecule has 0 aliphatic carbocycles. The van der Waals surface area contributed by atoms with Gasteiger partial charge in [-0.1, -0.05) is 6.08 Å². The van der Waals surface area contributed by atoms with Gasteiger partial charge in [0.05, 0.1) is 11.9 Å². The largest absolute Gasteiger partial charge is 0.303 e. The highest BCUT2D eigenvalue weighted by atomic mass is 16.1. The quantitative estimate of drug-likeness (QED) is 0.771. The first-order chi connectivity index (χ1) is 12.8. The molecule has 0 radical (unpaired) electrons. The molecule has 138 valence electrons. The Kier molecular flexibility index (Phi) is 4.82. The van der Waals surface area contributed by atoms with Gasteiger partial charge in [0.1, 0.15) is 17.5 Å². The van der Waals surface area contributed by atoms with Crippen LogP contribution < -0.4 is 5.56 Å². The van der Waals surface area contributed by atoms with E-state index in [0.717, 1.165) is 22.8 Å². The van der Waals surface area contributed by atoms with Crippen LogP contribution in [0, 0.1) is 32.1 Å². The van der Waals surface area contributed by atoms with Crippen molar-refractivity contribution < 1.29 is 0 Å². The van der Waals surface area contributed by atoms with Gasteiger partial charge in [0, 0.05) is 23.5 Å². The Labute approximate surface area is 157 Å². The van der Waals surface area contributed by atoms with Crippen molar-refractivity contribution in [3.8, 4) is 11.9 Å². The number of aromatic nitrogens is 5. The van der Waals surface area contributed by atoms with E-state index in [1.54, 1.807) is 13.1 Å². The fraction of sp³-hybridized carbons (Fsp3) is 0.300. The molecule has 0 spiro atoms. The molecule has 0 aliphatic heterocycles. The van der Waals surface area contributed by atoms with E-state index in [1.807, 2.05) is 29.0 Å². The van der Waals surface area contributed by atoms with Gasteiger partial charge in [-0.25, -0.2) is 9.78 Å². The molecule has 3 heterocycles. The van der Waals surface area contributed by atoms with Crippen molar-refractivity contribution in [3.63, 3.8) is 0 Å². The molecule has 3 aromatic rings. The van der Waals surface area contributed by atoms with Crippen molar-refractivity contribution in [3.05, 3.63) is 62.5 Å². The van der Waals surface area contributed by atoms with Gasteiger partial charge in [-0.05, 0) is 57.9 Å². The normalized spacial score (nSPS) is 11.4. The second kappa shape index (κ2) is 7.08. The summed E-state index contributed by atoms with van der Waals surface area (Å²) >= 11 is 0. The number of nitrogens with one attached hydrogen (secondary N) is 1. The van der Waals surface area contributed by atoms with Crippen molar-refractivity contribution in [2.24, 2.45) is 0 Å². The van der Waals surface area contributed by atoms with E-state index < -0.39 is 5.56 Å². The molecule has 0 unspecified atom stereocenters. The number of hydrogen-bond donors (Lipinski definition) is 1. The first-order valence-electron chi connectivity index (χ1n) is 8.75. The maximum absolute atomic E-state index is 11.6. The summed E-state index contributed by atoms with van der Waals surface area (Å²) in [5, 5.41) is 20.0. The molecule has 0 saturated carbocycles. The number of aryl methyl sites for hydroxylation is 1. The van der Waals surface area contributed by atoms with Gasteiger partial charge in [0.15, 0.2) is 0 Å². The maximum atomic E-state index is 11.6. The summed E-state index contributed by atoms with van der Waals surface area (Å²) in [7, 11) is 0. The summed E-state index contributed by atoms with van der Waals surface area (Å²) < 4.78 is 4.15. The number of H-pyrrole nitrogens is 1. The third-order valence-corrected chi connectivity index (χ3v) is 4.63. The smallest absolute Gasteiger partial charge is 0.282 e. The van der Waals surface area contributed by atoms with Crippen LogP contribution in [0.5, 0.6) is 0 Å². The van der Waals surface area contributed by atoms with Crippen LogP contribution in [-0.2, 0) is 0 Å². The van der Waals surface area contributed by atoms with Crippen LogP contribution in [0.4, 0.5) is 0 Å². The van der Waals surface area contributed by atoms with Crippen molar-refractivity contribution in [2.75, 3.05) is 0 Å². The lowest BCUT2D eigenvalue weighted by atomic mass is 10.1. The Morgan fingerprint density at radius 2 is 2.00 bits per heavy atom. The Hall–Kier alpha value is -3.40. The number of rotatable bonds is 4. The number of nitriles is 1. The highest BCUT2D eigenvalue weighted by Crippen LogP contribution is 2.24. The minimum atomic E-state index is -0.465. The predicted molar refractivity (Wildman–Crippen MR) is 105 cm³/mol. The second-order valence-electron chi connectivity index (χ2n) is 6.77. The maximum Gasteiger partial charge on any atom is 0.282 e. The summed E-state index contributed by atoms with van der Waals surface area (Å²) in [6, 6.07) is 6.28. The van der Waals surface area contributed by atoms with Crippen molar-refractivity contribution >= 4 is 12.2 Å². The molecule has 0 fully saturated rings. The van der Waals surface area contributed by atoms with E-state index in [9.17, 15) is 4.79 Å². The fourth-order valence-electron chi connectivity index (χ4n) is 3.21. The summed E-state index contributed by atoms with van der Waals surface area (Å²) in [5.41, 5.74) is 3.98. The van der Waals surface area contributed by atoms with E-state index in [1.165, 1.54) is 0 Å². The average Bonchev–Trinajstić information content (AvgIpc) is 3.19. The molecule has 0 bridgehead atoms. The van der Waals surface area contributed by atoms with Gasteiger partial charge >= 0.3 is 0 Å². The highest BCUT2D eigenvalue weighted by Gasteiger charge is 2.14. The van der Waals surface area contributed by atoms with E-state index in [2.05, 4.69) is 53.6 Å². The lowest BCUT2D eigenvalue weighted by Gasteiger charge is -2.15. The van der Waals surface area contributed by atoms with Crippen LogP contribution in [0.2, 0.25) is 0 Å². The molecule has 7 heteroatoms. The third kappa shape index (κ3) is 3.22. The lowest BCUT2D eigenvalue weighted by molar-refractivity contribution is 0.519. The Balaban J connectivity index is 2.04. The predicted octanol–water partition coefficient (Wildman–Crippen LogP) is 3.31. The Morgan fingerprint density at radius 1 is 1.26 bits per heavy atom. The molecule has 3 rings (SSSR count). The fourth-order valence-corrected chi connectivity index (χ4v) is 3.21. The molecule has 0 saturated heterocycles. The molecule has 3 aromatic heterocycles. The summed E-state index contributed by atoms with van der Waals surface area (Å²) in [6.07, 6.45) is 5.57. The average molecular weight is 362 g/mol. The number of nitrogens with zero attached hydrogens (tertiary/aromatic N) is 5. The summed E-state index contributed by atoms with van der Waals surface area (Å²) in [5.74, 6) is 1.02. The van der Waals surface area contributed by atoms with Crippen molar-refractivity contribution in [2.45, 2.75) is 40.7 Å². The van der Waals surface area contributed by atoms with Crippen LogP contribution in [0.15, 0.2) is 23.1 Å². The van der Waals surface area contributed by atoms with Crippen molar-refractivity contribution in [1.82, 2.24) is 24.5 Å². The molecule has 0 amide bonds. The lowest BCUT2D eigenvalue weighted by Crippen LogP contribution is -2.15. The zero-order valence-corrected chi connectivity index (χ0v) is 16.1. The monoisotopic (exact) mass is 362 g/mol. The minimum Gasteiger partial charge on any atom is -0.303 e. The van der Waals surface area contributed by atoms with Gasteiger partial charge in [0.2, 0.25) is 0 Å². The highest BCUT2D eigenvalue weighted by molar-refractivity contribution is 5.72. The SMILES string of the molecule is Cc1c(/C=C/c2cc(C)n(-c3ccnn3C(C)C)c2C)n[nH]c(=O)c1C#N. The van der Waals surface area contributed by atoms with E-state index >= 15 is 0 Å². The molecule has 0 aromatic carbocycles. The zero-order valence-electron chi connectivity index (χ0n) is 16.1. The molecular formula is C20H22N6O. The first-order valence-corrected chi connectivity index (χ1v) is 8.75. The number of aromatic amines is 1. The second-order valence-corrected chi connectivity index (χ2v) is 6.77. The Morgan fingerprint density at radius 3 is 2.67 bits per heavy atom. The van der Waals surface area contributed by atoms with Gasteiger partial charge in [-0.2, -0.15) is 15.5 Å². The van der Waals surface area contributed by atoms with E-state index in [4.69, 9.17) is 5.26 Å². The molecule has 1 N–H and O–H groups in total. The van der Waals surface area contributed by atoms with Crippen LogP contribution in [0.25, 0.3) is 18.0 Å². The summed E-state index contributed by atoms with van der Waals surface area (Å²) in [6.45, 7) is 10.0. The molecule has 0 atom stereocenters. The van der Waals surface area contributed by atoms with Crippen LogP contribution in [0.3, 0.4) is 0 Å². The van der Waals surface area contributed by atoms with E-state index in [0.29, 0.717) is 11.3 Å². The zero-order chi connectivity index (χ0) is 19.7. The Bertz CT molecular complexity index is 1120. The minimum absolute atomic E-state index is 0.0935. The van der Waals surface area contributed by atoms with Gasteiger partial charge in [0.25, 0.3) is 5.56 Å². The van der Waals surface area contributed by atoms with Crippen LogP contribution in [0.1, 0.15) is 53.7 Å². The third-order valence-electron chi connectivity index (χ3n) is 4.63. The molecular weight excluding hydrogens is 340 g/mol. The van der Waals surface area contributed by atoms with Crippen molar-refractivity contribution in [1.29, 1.82) is 5.26 Å². The van der Waals surface area contributed by atoms with Gasteiger partial charge < -0.3 is 4.57 Å². The van der Waals surface area contributed by atoms with Crippen LogP contribution in [-0.4, -0.2) is 24.5 Å². The van der Waals surface area contributed by atoms with Gasteiger partial charge in [-0.15, -0.1) is 0 Å².